The van der Waals surface area contributed by atoms with Gasteiger partial charge in [0.05, 0.1) is 12.6 Å². The van der Waals surface area contributed by atoms with Gasteiger partial charge in [0, 0.05) is 32.2 Å². The molecule has 1 aliphatic carbocycles. The Balaban J connectivity index is 1.30. The highest BCUT2D eigenvalue weighted by molar-refractivity contribution is 5.87. The molecule has 144 valence electrons. The van der Waals surface area contributed by atoms with E-state index in [4.69, 9.17) is 0 Å². The molecule has 1 unspecified atom stereocenters. The summed E-state index contributed by atoms with van der Waals surface area (Å²) in [4.78, 5) is 17.5. The summed E-state index contributed by atoms with van der Waals surface area (Å²) in [6.45, 7) is 6.82. The fraction of sp³-hybridized carbons (Fsp3) is 0.522. The van der Waals surface area contributed by atoms with Gasteiger partial charge in [0.15, 0.2) is 0 Å². The highest BCUT2D eigenvalue weighted by Crippen LogP contribution is 2.25. The van der Waals surface area contributed by atoms with Crippen LogP contribution in [-0.2, 0) is 4.79 Å². The van der Waals surface area contributed by atoms with Crippen LogP contribution < -0.4 is 5.32 Å². The van der Waals surface area contributed by atoms with E-state index in [1.165, 1.54) is 42.0 Å². The van der Waals surface area contributed by atoms with Crippen LogP contribution in [0.15, 0.2) is 42.5 Å². The first-order valence-electron chi connectivity index (χ1n) is 10.4. The van der Waals surface area contributed by atoms with E-state index in [1.807, 2.05) is 0 Å². The lowest BCUT2D eigenvalue weighted by atomic mass is 10.00. The van der Waals surface area contributed by atoms with E-state index < -0.39 is 0 Å². The van der Waals surface area contributed by atoms with E-state index >= 15 is 0 Å². The van der Waals surface area contributed by atoms with Gasteiger partial charge in [-0.05, 0) is 36.1 Å². The van der Waals surface area contributed by atoms with Crippen LogP contribution in [-0.4, -0.2) is 54.5 Å². The van der Waals surface area contributed by atoms with Crippen LogP contribution in [0.25, 0.3) is 10.8 Å². The Bertz CT molecular complexity index is 771. The minimum absolute atomic E-state index is 0.0170. The van der Waals surface area contributed by atoms with Crippen LogP contribution in [0, 0.1) is 0 Å². The maximum absolute atomic E-state index is 12.6. The van der Waals surface area contributed by atoms with Crippen molar-refractivity contribution in [2.45, 2.75) is 44.7 Å². The lowest BCUT2D eigenvalue weighted by Crippen LogP contribution is -2.51. The molecule has 1 N–H and O–H groups in total. The average molecular weight is 366 g/mol. The highest BCUT2D eigenvalue weighted by Gasteiger charge is 2.26. The molecule has 1 heterocycles. The summed E-state index contributed by atoms with van der Waals surface area (Å²) in [5, 5.41) is 5.65. The SMILES string of the molecule is CC(NC(=O)CN1CCN(C2CCCC2)CC1)c1cccc2ccccc12. The third kappa shape index (κ3) is 4.33. The van der Waals surface area contributed by atoms with Gasteiger partial charge < -0.3 is 5.32 Å². The molecule has 27 heavy (non-hydrogen) atoms. The Hall–Kier alpha value is -1.91. The number of piperazine rings is 1. The molecule has 1 saturated carbocycles. The number of carbonyl (C=O) groups excluding carboxylic acids is 1. The zero-order valence-corrected chi connectivity index (χ0v) is 16.4. The predicted octanol–water partition coefficient (Wildman–Crippen LogP) is 3.58. The molecule has 0 aromatic heterocycles. The lowest BCUT2D eigenvalue weighted by Gasteiger charge is -2.37. The van der Waals surface area contributed by atoms with Crippen molar-refractivity contribution in [2.75, 3.05) is 32.7 Å². The molecule has 2 aromatic rings. The van der Waals surface area contributed by atoms with E-state index in [9.17, 15) is 4.79 Å². The second kappa shape index (κ2) is 8.41. The number of benzene rings is 2. The van der Waals surface area contributed by atoms with E-state index in [0.717, 1.165) is 32.2 Å². The quantitative estimate of drug-likeness (QED) is 0.880. The van der Waals surface area contributed by atoms with Gasteiger partial charge in [-0.1, -0.05) is 55.3 Å². The van der Waals surface area contributed by atoms with Crippen LogP contribution in [0.5, 0.6) is 0 Å². The Morgan fingerprint density at radius 3 is 2.52 bits per heavy atom. The van der Waals surface area contributed by atoms with Crippen molar-refractivity contribution >= 4 is 16.7 Å². The lowest BCUT2D eigenvalue weighted by molar-refractivity contribution is -0.123. The fourth-order valence-corrected chi connectivity index (χ4v) is 4.75. The van der Waals surface area contributed by atoms with Crippen molar-refractivity contribution in [1.82, 2.24) is 15.1 Å². The topological polar surface area (TPSA) is 35.6 Å². The molecular formula is C23H31N3O. The number of hydrogen-bond acceptors (Lipinski definition) is 3. The highest BCUT2D eigenvalue weighted by atomic mass is 16.2. The van der Waals surface area contributed by atoms with Crippen LogP contribution in [0.2, 0.25) is 0 Å². The van der Waals surface area contributed by atoms with Crippen molar-refractivity contribution < 1.29 is 4.79 Å². The van der Waals surface area contributed by atoms with Crippen LogP contribution >= 0.6 is 0 Å². The number of nitrogens with zero attached hydrogens (tertiary/aromatic N) is 2. The molecule has 4 rings (SSSR count). The molecule has 1 atom stereocenters. The summed E-state index contributed by atoms with van der Waals surface area (Å²) in [5.74, 6) is 0.129. The zero-order chi connectivity index (χ0) is 18.6. The Morgan fingerprint density at radius 1 is 1.04 bits per heavy atom. The molecule has 2 fully saturated rings. The van der Waals surface area contributed by atoms with Gasteiger partial charge in [-0.2, -0.15) is 0 Å². The Morgan fingerprint density at radius 2 is 1.74 bits per heavy atom. The standard InChI is InChI=1S/C23H31N3O/c1-18(21-12-6-8-19-7-2-5-11-22(19)21)24-23(27)17-25-13-15-26(16-14-25)20-9-3-4-10-20/h2,5-8,11-12,18,20H,3-4,9-10,13-17H2,1H3,(H,24,27). The van der Waals surface area contributed by atoms with Crippen molar-refractivity contribution in [3.63, 3.8) is 0 Å². The second-order valence-corrected chi connectivity index (χ2v) is 8.11. The molecule has 2 aliphatic rings. The zero-order valence-electron chi connectivity index (χ0n) is 16.4. The molecule has 1 aliphatic heterocycles. The number of carbonyl (C=O) groups is 1. The number of nitrogens with one attached hydrogen (secondary N) is 1. The maximum Gasteiger partial charge on any atom is 0.234 e. The summed E-state index contributed by atoms with van der Waals surface area (Å²) < 4.78 is 0. The number of amides is 1. The summed E-state index contributed by atoms with van der Waals surface area (Å²) >= 11 is 0. The fourth-order valence-electron chi connectivity index (χ4n) is 4.75. The number of hydrogen-bond donors (Lipinski definition) is 1. The molecule has 1 saturated heterocycles. The first-order chi connectivity index (χ1) is 13.2. The van der Waals surface area contributed by atoms with Gasteiger partial charge in [0.25, 0.3) is 0 Å². The van der Waals surface area contributed by atoms with Gasteiger partial charge in [-0.25, -0.2) is 0 Å². The van der Waals surface area contributed by atoms with Gasteiger partial charge >= 0.3 is 0 Å². The monoisotopic (exact) mass is 365 g/mol. The molecular weight excluding hydrogens is 334 g/mol. The Kier molecular flexibility index (Phi) is 5.74. The van der Waals surface area contributed by atoms with Gasteiger partial charge in [0.2, 0.25) is 5.91 Å². The van der Waals surface area contributed by atoms with Gasteiger partial charge in [0.1, 0.15) is 0 Å². The minimum atomic E-state index is 0.0170. The predicted molar refractivity (Wildman–Crippen MR) is 111 cm³/mol. The summed E-state index contributed by atoms with van der Waals surface area (Å²) in [7, 11) is 0. The minimum Gasteiger partial charge on any atom is -0.348 e. The average Bonchev–Trinajstić information content (AvgIpc) is 3.23. The van der Waals surface area contributed by atoms with Crippen molar-refractivity contribution in [3.05, 3.63) is 48.0 Å². The third-order valence-electron chi connectivity index (χ3n) is 6.28. The largest absolute Gasteiger partial charge is 0.348 e. The molecule has 4 nitrogen and oxygen atoms in total. The summed E-state index contributed by atoms with van der Waals surface area (Å²) in [5.41, 5.74) is 1.19. The van der Waals surface area contributed by atoms with Crippen LogP contribution in [0.3, 0.4) is 0 Å². The molecule has 0 bridgehead atoms. The van der Waals surface area contributed by atoms with Gasteiger partial charge in [-0.15, -0.1) is 0 Å². The molecule has 2 aromatic carbocycles. The van der Waals surface area contributed by atoms with E-state index in [0.29, 0.717) is 6.54 Å². The normalized spacial score (nSPS) is 20.8. The molecule has 0 radical (unpaired) electrons. The molecule has 4 heteroatoms. The van der Waals surface area contributed by atoms with Crippen molar-refractivity contribution in [3.8, 4) is 0 Å². The van der Waals surface area contributed by atoms with Crippen LogP contribution in [0.4, 0.5) is 0 Å². The first kappa shape index (κ1) is 18.5. The number of fused-ring (bicyclic) bond motifs is 1. The van der Waals surface area contributed by atoms with Crippen molar-refractivity contribution in [1.29, 1.82) is 0 Å². The maximum atomic E-state index is 12.6. The van der Waals surface area contributed by atoms with E-state index in [1.54, 1.807) is 0 Å². The number of rotatable bonds is 5. The van der Waals surface area contributed by atoms with Gasteiger partial charge in [-0.3, -0.25) is 14.6 Å². The third-order valence-corrected chi connectivity index (χ3v) is 6.28. The second-order valence-electron chi connectivity index (χ2n) is 8.11. The van der Waals surface area contributed by atoms with E-state index in [-0.39, 0.29) is 11.9 Å². The Labute approximate surface area is 162 Å². The smallest absolute Gasteiger partial charge is 0.234 e. The van der Waals surface area contributed by atoms with Crippen LogP contribution in [0.1, 0.15) is 44.2 Å². The van der Waals surface area contributed by atoms with Crippen molar-refractivity contribution in [2.24, 2.45) is 0 Å². The summed E-state index contributed by atoms with van der Waals surface area (Å²) in [6, 6.07) is 15.5. The molecule has 1 amide bonds. The van der Waals surface area contributed by atoms with E-state index in [2.05, 4.69) is 64.5 Å². The summed E-state index contributed by atoms with van der Waals surface area (Å²) in [6.07, 6.45) is 5.50. The first-order valence-corrected chi connectivity index (χ1v) is 10.4. The molecule has 0 spiro atoms.